The molecule has 118 valence electrons. The first kappa shape index (κ1) is 14.6. The molecule has 0 spiro atoms. The molecule has 2 N–H and O–H groups in total. The first-order valence-electron chi connectivity index (χ1n) is 7.27. The van der Waals surface area contributed by atoms with Crippen molar-refractivity contribution >= 4 is 33.7 Å². The lowest BCUT2D eigenvalue weighted by Crippen LogP contribution is -2.25. The van der Waals surface area contributed by atoms with Crippen molar-refractivity contribution in [3.8, 4) is 10.6 Å². The Morgan fingerprint density at radius 2 is 2.39 bits per heavy atom. The maximum atomic E-state index is 12.3. The summed E-state index contributed by atoms with van der Waals surface area (Å²) >= 11 is 3.15. The minimum Gasteiger partial charge on any atom is -0.301 e. The van der Waals surface area contributed by atoms with E-state index in [2.05, 4.69) is 32.4 Å². The number of aromatic nitrogens is 3. The van der Waals surface area contributed by atoms with Crippen molar-refractivity contribution in [3.63, 3.8) is 0 Å². The Hall–Kier alpha value is -2.03. The summed E-state index contributed by atoms with van der Waals surface area (Å²) in [7, 11) is 2.09. The van der Waals surface area contributed by atoms with Crippen LogP contribution in [0.25, 0.3) is 10.6 Å². The van der Waals surface area contributed by atoms with E-state index in [4.69, 9.17) is 0 Å². The quantitative estimate of drug-likeness (QED) is 0.765. The van der Waals surface area contributed by atoms with Crippen molar-refractivity contribution in [1.82, 2.24) is 20.1 Å². The van der Waals surface area contributed by atoms with Gasteiger partial charge < -0.3 is 4.90 Å². The molecule has 6 nitrogen and oxygen atoms in total. The van der Waals surface area contributed by atoms with E-state index in [1.807, 2.05) is 17.5 Å². The normalized spacial score (nSPS) is 14.7. The van der Waals surface area contributed by atoms with Crippen LogP contribution >= 0.6 is 22.7 Å². The number of anilines is 1. The van der Waals surface area contributed by atoms with Gasteiger partial charge in [-0.25, -0.2) is 4.98 Å². The van der Waals surface area contributed by atoms with Crippen LogP contribution in [0.5, 0.6) is 0 Å². The molecule has 0 radical (unpaired) electrons. The van der Waals surface area contributed by atoms with Gasteiger partial charge in [-0.3, -0.25) is 15.2 Å². The van der Waals surface area contributed by atoms with E-state index in [0.717, 1.165) is 35.8 Å². The van der Waals surface area contributed by atoms with Gasteiger partial charge in [0.1, 0.15) is 0 Å². The van der Waals surface area contributed by atoms with E-state index in [9.17, 15) is 4.79 Å². The number of carbonyl (C=O) groups excluding carboxylic acids is 1. The third-order valence-electron chi connectivity index (χ3n) is 3.74. The Balaban J connectivity index is 1.50. The van der Waals surface area contributed by atoms with Crippen LogP contribution in [-0.2, 0) is 13.0 Å². The average Bonchev–Trinajstić information content (AvgIpc) is 3.26. The number of fused-ring (bicyclic) bond motifs is 1. The summed E-state index contributed by atoms with van der Waals surface area (Å²) in [5.74, 6) is -0.233. The molecular formula is C15H15N5OS2. The molecule has 3 aromatic rings. The van der Waals surface area contributed by atoms with E-state index in [-0.39, 0.29) is 5.91 Å². The van der Waals surface area contributed by atoms with Gasteiger partial charge in [0.05, 0.1) is 16.3 Å². The largest absolute Gasteiger partial charge is 0.301 e. The number of hydrogen-bond donors (Lipinski definition) is 2. The van der Waals surface area contributed by atoms with E-state index < -0.39 is 0 Å². The van der Waals surface area contributed by atoms with Crippen LogP contribution in [0.4, 0.5) is 5.13 Å². The molecule has 23 heavy (non-hydrogen) atoms. The number of H-pyrrole nitrogens is 1. The van der Waals surface area contributed by atoms with Crippen molar-refractivity contribution in [1.29, 1.82) is 0 Å². The van der Waals surface area contributed by atoms with E-state index in [1.54, 1.807) is 28.7 Å². The van der Waals surface area contributed by atoms with Gasteiger partial charge >= 0.3 is 0 Å². The smallest absolute Gasteiger partial charge is 0.277 e. The zero-order valence-corrected chi connectivity index (χ0v) is 14.1. The summed E-state index contributed by atoms with van der Waals surface area (Å²) in [5.41, 5.74) is 2.33. The Morgan fingerprint density at radius 3 is 3.22 bits per heavy atom. The van der Waals surface area contributed by atoms with Crippen LogP contribution in [0.3, 0.4) is 0 Å². The maximum absolute atomic E-state index is 12.3. The lowest BCUT2D eigenvalue weighted by Gasteiger charge is -2.20. The molecule has 0 fully saturated rings. The molecule has 4 rings (SSSR count). The number of thiophene rings is 1. The number of nitrogens with zero attached hydrogens (tertiary/aromatic N) is 3. The lowest BCUT2D eigenvalue weighted by atomic mass is 10.2. The Labute approximate surface area is 141 Å². The summed E-state index contributed by atoms with van der Waals surface area (Å²) in [5, 5.41) is 12.5. The summed E-state index contributed by atoms with van der Waals surface area (Å²) in [6.45, 7) is 1.90. The fourth-order valence-electron chi connectivity index (χ4n) is 2.53. The molecular weight excluding hydrogens is 330 g/mol. The minimum atomic E-state index is -0.233. The second-order valence-electron chi connectivity index (χ2n) is 5.47. The first-order valence-corrected chi connectivity index (χ1v) is 8.96. The fraction of sp³-hybridized carbons (Fsp3) is 0.267. The van der Waals surface area contributed by atoms with E-state index in [0.29, 0.717) is 10.8 Å². The lowest BCUT2D eigenvalue weighted by molar-refractivity contribution is 0.102. The number of rotatable bonds is 3. The number of thiazole rings is 1. The highest BCUT2D eigenvalue weighted by Gasteiger charge is 2.20. The third kappa shape index (κ3) is 2.92. The van der Waals surface area contributed by atoms with Gasteiger partial charge in [0.25, 0.3) is 5.91 Å². The Bertz CT molecular complexity index is 836. The molecule has 0 atom stereocenters. The zero-order chi connectivity index (χ0) is 15.8. The number of aromatic amines is 1. The van der Waals surface area contributed by atoms with Gasteiger partial charge in [0.15, 0.2) is 10.8 Å². The predicted octanol–water partition coefficient (Wildman–Crippen LogP) is 2.83. The van der Waals surface area contributed by atoms with Crippen molar-refractivity contribution in [2.75, 3.05) is 18.9 Å². The SMILES string of the molecule is CN1CCc2nc(NC(=O)c3cc(-c4cccs4)[nH]n3)sc2C1. The van der Waals surface area contributed by atoms with Crippen molar-refractivity contribution in [3.05, 3.63) is 39.8 Å². The molecule has 0 saturated heterocycles. The van der Waals surface area contributed by atoms with Crippen molar-refractivity contribution in [2.24, 2.45) is 0 Å². The van der Waals surface area contributed by atoms with Crippen LogP contribution < -0.4 is 5.32 Å². The van der Waals surface area contributed by atoms with Gasteiger partial charge in [-0.1, -0.05) is 6.07 Å². The number of likely N-dealkylation sites (N-methyl/N-ethyl adjacent to an activating group) is 1. The fourth-order valence-corrected chi connectivity index (χ4v) is 4.31. The van der Waals surface area contributed by atoms with Gasteiger partial charge in [-0.05, 0) is 24.6 Å². The van der Waals surface area contributed by atoms with Crippen LogP contribution in [-0.4, -0.2) is 39.6 Å². The second kappa shape index (κ2) is 5.88. The average molecular weight is 345 g/mol. The van der Waals surface area contributed by atoms with Gasteiger partial charge in [0, 0.05) is 24.4 Å². The molecule has 8 heteroatoms. The molecule has 0 bridgehead atoms. The van der Waals surface area contributed by atoms with Crippen molar-refractivity contribution < 1.29 is 4.79 Å². The molecule has 0 aliphatic carbocycles. The molecule has 1 aliphatic heterocycles. The van der Waals surface area contributed by atoms with E-state index in [1.165, 1.54) is 4.88 Å². The Morgan fingerprint density at radius 1 is 1.48 bits per heavy atom. The van der Waals surface area contributed by atoms with Crippen LogP contribution in [0.1, 0.15) is 21.1 Å². The monoisotopic (exact) mass is 345 g/mol. The predicted molar refractivity (Wildman–Crippen MR) is 92.0 cm³/mol. The highest BCUT2D eigenvalue weighted by Crippen LogP contribution is 2.28. The third-order valence-corrected chi connectivity index (χ3v) is 5.64. The van der Waals surface area contributed by atoms with Crippen LogP contribution in [0.15, 0.2) is 23.6 Å². The molecule has 0 saturated carbocycles. The van der Waals surface area contributed by atoms with Crippen molar-refractivity contribution in [2.45, 2.75) is 13.0 Å². The highest BCUT2D eigenvalue weighted by molar-refractivity contribution is 7.16. The standard InChI is InChI=1S/C15H15N5OS2/c1-20-5-4-9-13(8-20)23-15(16-9)17-14(21)11-7-10(18-19-11)12-3-2-6-22-12/h2-3,6-7H,4-5,8H2,1H3,(H,18,19)(H,16,17,21). The van der Waals surface area contributed by atoms with Gasteiger partial charge in [-0.15, -0.1) is 22.7 Å². The molecule has 1 amide bonds. The molecule has 3 aromatic heterocycles. The number of nitrogens with one attached hydrogen (secondary N) is 2. The maximum Gasteiger partial charge on any atom is 0.277 e. The molecule has 1 aliphatic rings. The summed E-state index contributed by atoms with van der Waals surface area (Å²) in [6.07, 6.45) is 0.934. The van der Waals surface area contributed by atoms with E-state index >= 15 is 0 Å². The summed E-state index contributed by atoms with van der Waals surface area (Å²) in [6, 6.07) is 5.73. The van der Waals surface area contributed by atoms with Crippen LogP contribution in [0, 0.1) is 0 Å². The summed E-state index contributed by atoms with van der Waals surface area (Å²) in [4.78, 5) is 21.4. The van der Waals surface area contributed by atoms with Crippen LogP contribution in [0.2, 0.25) is 0 Å². The number of hydrogen-bond acceptors (Lipinski definition) is 6. The first-order chi connectivity index (χ1) is 11.2. The second-order valence-corrected chi connectivity index (χ2v) is 7.51. The number of carbonyl (C=O) groups is 1. The molecule has 0 aromatic carbocycles. The van der Waals surface area contributed by atoms with Gasteiger partial charge in [0.2, 0.25) is 0 Å². The topological polar surface area (TPSA) is 73.9 Å². The minimum absolute atomic E-state index is 0.233. The number of amides is 1. The highest BCUT2D eigenvalue weighted by atomic mass is 32.1. The zero-order valence-electron chi connectivity index (χ0n) is 12.5. The Kier molecular flexibility index (Phi) is 3.72. The van der Waals surface area contributed by atoms with Gasteiger partial charge in [-0.2, -0.15) is 5.10 Å². The molecule has 4 heterocycles. The molecule has 0 unspecified atom stereocenters. The summed E-state index contributed by atoms with van der Waals surface area (Å²) < 4.78 is 0.